The Morgan fingerprint density at radius 2 is 2.35 bits per heavy atom. The van der Waals surface area contributed by atoms with E-state index in [2.05, 4.69) is 23.3 Å². The average molecular weight is 234 g/mol. The zero-order valence-corrected chi connectivity index (χ0v) is 10.8. The molecule has 0 bridgehead atoms. The third-order valence-electron chi connectivity index (χ3n) is 3.78. The maximum Gasteiger partial charge on any atom is 0.217 e. The molecule has 1 N–H and O–H groups in total. The van der Waals surface area contributed by atoms with Gasteiger partial charge in [0.2, 0.25) is 5.88 Å². The molecule has 1 aromatic rings. The number of hydrogen-bond donors (Lipinski definition) is 1. The lowest BCUT2D eigenvalue weighted by atomic mass is 10.0. The van der Waals surface area contributed by atoms with Gasteiger partial charge in [-0.1, -0.05) is 25.8 Å². The first-order chi connectivity index (χ1) is 8.35. The van der Waals surface area contributed by atoms with Crippen LogP contribution in [0.2, 0.25) is 0 Å². The second-order valence-electron chi connectivity index (χ2n) is 4.76. The van der Waals surface area contributed by atoms with Crippen LogP contribution in [0.25, 0.3) is 0 Å². The van der Waals surface area contributed by atoms with Gasteiger partial charge in [-0.3, -0.25) is 0 Å². The zero-order chi connectivity index (χ0) is 12.1. The minimum absolute atomic E-state index is 0.671. The highest BCUT2D eigenvalue weighted by molar-refractivity contribution is 5.25. The molecule has 94 valence electrons. The van der Waals surface area contributed by atoms with Gasteiger partial charge in [0, 0.05) is 24.3 Å². The Hall–Kier alpha value is -1.09. The molecule has 1 fully saturated rings. The number of nitrogens with zero attached hydrogens (tertiary/aromatic N) is 1. The van der Waals surface area contributed by atoms with Gasteiger partial charge in [0.25, 0.3) is 0 Å². The van der Waals surface area contributed by atoms with Crippen LogP contribution in [-0.4, -0.2) is 18.1 Å². The minimum atomic E-state index is 0.671. The van der Waals surface area contributed by atoms with Gasteiger partial charge in [-0.2, -0.15) is 0 Å². The topological polar surface area (TPSA) is 34.2 Å². The molecule has 0 aliphatic heterocycles. The van der Waals surface area contributed by atoms with E-state index in [1.165, 1.54) is 25.7 Å². The van der Waals surface area contributed by atoms with Crippen molar-refractivity contribution in [2.45, 2.75) is 45.2 Å². The summed E-state index contributed by atoms with van der Waals surface area (Å²) in [4.78, 5) is 4.22. The Bertz CT molecular complexity index is 354. The standard InChI is InChI=1S/C14H22N2O/c1-3-11-6-4-8-13(11)16-10-12-7-5-9-15-14(12)17-2/h5,7,9,11,13,16H,3-4,6,8,10H2,1-2H3. The predicted molar refractivity (Wildman–Crippen MR) is 69.0 cm³/mol. The molecule has 1 saturated carbocycles. The second-order valence-corrected chi connectivity index (χ2v) is 4.76. The Morgan fingerprint density at radius 1 is 1.47 bits per heavy atom. The summed E-state index contributed by atoms with van der Waals surface area (Å²) in [6.45, 7) is 3.15. The van der Waals surface area contributed by atoms with Crippen molar-refractivity contribution in [3.05, 3.63) is 23.9 Å². The Balaban J connectivity index is 1.93. The fourth-order valence-electron chi connectivity index (χ4n) is 2.78. The largest absolute Gasteiger partial charge is 0.481 e. The predicted octanol–water partition coefficient (Wildman–Crippen LogP) is 2.76. The van der Waals surface area contributed by atoms with Gasteiger partial charge in [0.15, 0.2) is 0 Å². The number of hydrogen-bond acceptors (Lipinski definition) is 3. The van der Waals surface area contributed by atoms with Gasteiger partial charge < -0.3 is 10.1 Å². The lowest BCUT2D eigenvalue weighted by molar-refractivity contribution is 0.371. The van der Waals surface area contributed by atoms with E-state index in [9.17, 15) is 0 Å². The maximum atomic E-state index is 5.26. The summed E-state index contributed by atoms with van der Waals surface area (Å²) in [6.07, 6.45) is 7.09. The fraction of sp³-hybridized carbons (Fsp3) is 0.643. The number of pyridine rings is 1. The number of methoxy groups -OCH3 is 1. The van der Waals surface area contributed by atoms with E-state index in [4.69, 9.17) is 4.74 Å². The Morgan fingerprint density at radius 3 is 3.12 bits per heavy atom. The van der Waals surface area contributed by atoms with Crippen molar-refractivity contribution in [1.29, 1.82) is 0 Å². The first-order valence-electron chi connectivity index (χ1n) is 6.56. The molecule has 1 aliphatic carbocycles. The molecule has 1 heterocycles. The van der Waals surface area contributed by atoms with Gasteiger partial charge in [-0.25, -0.2) is 4.98 Å². The second kappa shape index (κ2) is 6.01. The summed E-state index contributed by atoms with van der Waals surface area (Å²) in [5.74, 6) is 1.59. The first kappa shape index (κ1) is 12.4. The molecule has 0 amide bonds. The fourth-order valence-corrected chi connectivity index (χ4v) is 2.78. The van der Waals surface area contributed by atoms with Gasteiger partial charge in [-0.05, 0) is 24.8 Å². The normalized spacial score (nSPS) is 23.9. The van der Waals surface area contributed by atoms with E-state index in [-0.39, 0.29) is 0 Å². The van der Waals surface area contributed by atoms with Crippen LogP contribution in [0.15, 0.2) is 18.3 Å². The van der Waals surface area contributed by atoms with Crippen LogP contribution in [0.5, 0.6) is 5.88 Å². The van der Waals surface area contributed by atoms with Gasteiger partial charge in [0.1, 0.15) is 0 Å². The summed E-state index contributed by atoms with van der Waals surface area (Å²) in [7, 11) is 1.68. The van der Waals surface area contributed by atoms with E-state index in [1.807, 2.05) is 6.07 Å². The highest BCUT2D eigenvalue weighted by Crippen LogP contribution is 2.28. The number of nitrogens with one attached hydrogen (secondary N) is 1. The molecule has 2 unspecified atom stereocenters. The van der Waals surface area contributed by atoms with Crippen LogP contribution < -0.4 is 10.1 Å². The van der Waals surface area contributed by atoms with E-state index in [1.54, 1.807) is 13.3 Å². The Labute approximate surface area is 104 Å². The minimum Gasteiger partial charge on any atom is -0.481 e. The Kier molecular flexibility index (Phi) is 4.37. The van der Waals surface area contributed by atoms with Gasteiger partial charge in [-0.15, -0.1) is 0 Å². The lowest BCUT2D eigenvalue weighted by Crippen LogP contribution is -2.31. The van der Waals surface area contributed by atoms with E-state index in [0.717, 1.165) is 23.9 Å². The van der Waals surface area contributed by atoms with E-state index >= 15 is 0 Å². The zero-order valence-electron chi connectivity index (χ0n) is 10.8. The molecule has 17 heavy (non-hydrogen) atoms. The van der Waals surface area contributed by atoms with Crippen LogP contribution in [-0.2, 0) is 6.54 Å². The van der Waals surface area contributed by atoms with Crippen molar-refractivity contribution in [2.75, 3.05) is 7.11 Å². The molecule has 0 radical (unpaired) electrons. The molecule has 3 heteroatoms. The van der Waals surface area contributed by atoms with Crippen molar-refractivity contribution in [1.82, 2.24) is 10.3 Å². The summed E-state index contributed by atoms with van der Waals surface area (Å²) in [5.41, 5.74) is 1.15. The summed E-state index contributed by atoms with van der Waals surface area (Å²) >= 11 is 0. The van der Waals surface area contributed by atoms with Crippen molar-refractivity contribution < 1.29 is 4.74 Å². The van der Waals surface area contributed by atoms with Crippen LogP contribution in [0.4, 0.5) is 0 Å². The first-order valence-corrected chi connectivity index (χ1v) is 6.56. The quantitative estimate of drug-likeness (QED) is 0.850. The van der Waals surface area contributed by atoms with Crippen LogP contribution in [0.3, 0.4) is 0 Å². The summed E-state index contributed by atoms with van der Waals surface area (Å²) in [5, 5.41) is 3.65. The molecule has 0 aromatic carbocycles. The molecular weight excluding hydrogens is 212 g/mol. The number of ether oxygens (including phenoxy) is 1. The molecule has 0 spiro atoms. The smallest absolute Gasteiger partial charge is 0.217 e. The molecule has 2 rings (SSSR count). The van der Waals surface area contributed by atoms with Crippen molar-refractivity contribution >= 4 is 0 Å². The van der Waals surface area contributed by atoms with Crippen molar-refractivity contribution in [2.24, 2.45) is 5.92 Å². The highest BCUT2D eigenvalue weighted by atomic mass is 16.5. The molecule has 1 aromatic heterocycles. The molecule has 1 aliphatic rings. The third kappa shape index (κ3) is 2.97. The lowest BCUT2D eigenvalue weighted by Gasteiger charge is -2.20. The van der Waals surface area contributed by atoms with Crippen LogP contribution in [0.1, 0.15) is 38.2 Å². The van der Waals surface area contributed by atoms with Crippen LogP contribution >= 0.6 is 0 Å². The highest BCUT2D eigenvalue weighted by Gasteiger charge is 2.25. The van der Waals surface area contributed by atoms with Crippen molar-refractivity contribution in [3.63, 3.8) is 0 Å². The van der Waals surface area contributed by atoms with E-state index in [0.29, 0.717) is 6.04 Å². The van der Waals surface area contributed by atoms with Crippen LogP contribution in [0, 0.1) is 5.92 Å². The molecule has 2 atom stereocenters. The molecule has 3 nitrogen and oxygen atoms in total. The van der Waals surface area contributed by atoms with Gasteiger partial charge >= 0.3 is 0 Å². The SMILES string of the molecule is CCC1CCCC1NCc1cccnc1OC. The van der Waals surface area contributed by atoms with E-state index < -0.39 is 0 Å². The number of rotatable bonds is 5. The average Bonchev–Trinajstić information content (AvgIpc) is 2.84. The molecule has 0 saturated heterocycles. The summed E-state index contributed by atoms with van der Waals surface area (Å²) in [6, 6.07) is 4.71. The van der Waals surface area contributed by atoms with Gasteiger partial charge in [0.05, 0.1) is 7.11 Å². The third-order valence-corrected chi connectivity index (χ3v) is 3.78. The summed E-state index contributed by atoms with van der Waals surface area (Å²) < 4.78 is 5.26. The molecular formula is C14H22N2O. The van der Waals surface area contributed by atoms with Crippen molar-refractivity contribution in [3.8, 4) is 5.88 Å². The monoisotopic (exact) mass is 234 g/mol. The maximum absolute atomic E-state index is 5.26. The number of aromatic nitrogens is 1.